The van der Waals surface area contributed by atoms with Crippen LogP contribution >= 0.6 is 0 Å². The predicted octanol–water partition coefficient (Wildman–Crippen LogP) is 3.52. The Kier molecular flexibility index (Phi) is 6.65. The molecule has 1 unspecified atom stereocenters. The molecule has 0 saturated heterocycles. The third-order valence-electron chi connectivity index (χ3n) is 3.88. The molecule has 1 atom stereocenters. The van der Waals surface area contributed by atoms with Gasteiger partial charge in [-0.3, -0.25) is 0 Å². The second kappa shape index (κ2) is 8.28. The number of rotatable bonds is 8. The highest BCUT2D eigenvalue weighted by Gasteiger charge is 2.33. The summed E-state index contributed by atoms with van der Waals surface area (Å²) in [7, 11) is -1.42. The summed E-state index contributed by atoms with van der Waals surface area (Å²) < 4.78 is 23.7. The lowest BCUT2D eigenvalue weighted by Gasteiger charge is -2.36. The molecule has 1 heterocycles. The van der Waals surface area contributed by atoms with E-state index in [1.54, 1.807) is 0 Å². The molecule has 4 nitrogen and oxygen atoms in total. The van der Waals surface area contributed by atoms with E-state index in [2.05, 4.69) is 26.0 Å². The van der Waals surface area contributed by atoms with Crippen LogP contribution in [0.25, 0.3) is 0 Å². The van der Waals surface area contributed by atoms with Gasteiger partial charge in [-0.05, 0) is 43.5 Å². The second-order valence-corrected chi connectivity index (χ2v) is 8.16. The van der Waals surface area contributed by atoms with Crippen LogP contribution in [0.4, 0.5) is 0 Å². The van der Waals surface area contributed by atoms with Crippen LogP contribution in [0.1, 0.15) is 53.0 Å². The zero-order chi connectivity index (χ0) is 16.9. The van der Waals surface area contributed by atoms with Crippen molar-refractivity contribution in [2.45, 2.75) is 59.9 Å². The number of ether oxygens (including phenoxy) is 2. The molecule has 0 aliphatic carbocycles. The second-order valence-electron chi connectivity index (χ2n) is 6.43. The molecule has 0 bridgehead atoms. The number of hydrogen-bond donors (Lipinski definition) is 0. The molecule has 129 valence electrons. The zero-order valence-corrected chi connectivity index (χ0v) is 16.0. The van der Waals surface area contributed by atoms with Gasteiger partial charge in [-0.2, -0.15) is 0 Å². The standard InChI is InChI=1S/C18H29O4Si/c1-6-20-23(21-7-2)16-8-9-17-15(12-16)13-19-18(5,22-17)11-10-14(3)4/h8-9,12,14H,6-7,10-11,13H2,1-5H3. The monoisotopic (exact) mass is 337 g/mol. The van der Waals surface area contributed by atoms with Crippen LogP contribution < -0.4 is 9.92 Å². The van der Waals surface area contributed by atoms with E-state index >= 15 is 0 Å². The van der Waals surface area contributed by atoms with Crippen LogP contribution in [0.2, 0.25) is 0 Å². The molecule has 1 aromatic carbocycles. The molecule has 23 heavy (non-hydrogen) atoms. The molecule has 2 rings (SSSR count). The topological polar surface area (TPSA) is 36.9 Å². The van der Waals surface area contributed by atoms with Gasteiger partial charge >= 0.3 is 9.28 Å². The Morgan fingerprint density at radius 2 is 1.91 bits per heavy atom. The summed E-state index contributed by atoms with van der Waals surface area (Å²) in [5.74, 6) is 1.04. The van der Waals surface area contributed by atoms with Crippen molar-refractivity contribution in [1.29, 1.82) is 0 Å². The highest BCUT2D eigenvalue weighted by atomic mass is 28.3. The SMILES string of the molecule is CCO[Si](OCC)c1ccc2c(c1)COC(C)(CCC(C)C)O2. The van der Waals surface area contributed by atoms with Gasteiger partial charge in [0, 0.05) is 32.1 Å². The summed E-state index contributed by atoms with van der Waals surface area (Å²) in [5, 5.41) is 1.11. The maximum atomic E-state index is 6.13. The Labute approximate surface area is 141 Å². The average Bonchev–Trinajstić information content (AvgIpc) is 2.52. The molecule has 0 spiro atoms. The Balaban J connectivity index is 2.11. The van der Waals surface area contributed by atoms with E-state index in [1.807, 2.05) is 26.8 Å². The van der Waals surface area contributed by atoms with E-state index in [0.29, 0.717) is 25.7 Å². The summed E-state index contributed by atoms with van der Waals surface area (Å²) in [6.07, 6.45) is 1.99. The smallest absolute Gasteiger partial charge is 0.423 e. The summed E-state index contributed by atoms with van der Waals surface area (Å²) in [4.78, 5) is 0. The van der Waals surface area contributed by atoms with Crippen molar-refractivity contribution in [1.82, 2.24) is 0 Å². The fraction of sp³-hybridized carbons (Fsp3) is 0.667. The molecule has 0 saturated carbocycles. The van der Waals surface area contributed by atoms with Gasteiger partial charge in [-0.15, -0.1) is 0 Å². The van der Waals surface area contributed by atoms with Crippen molar-refractivity contribution >= 4 is 14.5 Å². The van der Waals surface area contributed by atoms with E-state index in [-0.39, 0.29) is 0 Å². The third kappa shape index (κ3) is 5.04. The fourth-order valence-electron chi connectivity index (χ4n) is 2.56. The molecular formula is C18H29O4Si. The highest BCUT2D eigenvalue weighted by Crippen LogP contribution is 2.34. The number of benzene rings is 1. The lowest BCUT2D eigenvalue weighted by Crippen LogP contribution is -2.41. The first-order valence-corrected chi connectivity index (χ1v) is 9.88. The largest absolute Gasteiger partial charge is 0.462 e. The molecular weight excluding hydrogens is 308 g/mol. The molecule has 1 aromatic rings. The van der Waals surface area contributed by atoms with Crippen molar-refractivity contribution in [3.8, 4) is 5.75 Å². The van der Waals surface area contributed by atoms with Crippen molar-refractivity contribution in [3.63, 3.8) is 0 Å². The third-order valence-corrected chi connectivity index (χ3v) is 5.77. The summed E-state index contributed by atoms with van der Waals surface area (Å²) in [6.45, 7) is 12.3. The Hall–Kier alpha value is -0.883. The van der Waals surface area contributed by atoms with Gasteiger partial charge in [0.15, 0.2) is 0 Å². The molecule has 0 N–H and O–H groups in total. The van der Waals surface area contributed by atoms with Crippen LogP contribution in [-0.2, 0) is 20.2 Å². The lowest BCUT2D eigenvalue weighted by atomic mass is 10.0. The first kappa shape index (κ1) is 18.5. The normalized spacial score (nSPS) is 20.7. The Bertz CT molecular complexity index is 500. The molecule has 0 aromatic heterocycles. The van der Waals surface area contributed by atoms with E-state index < -0.39 is 15.1 Å². The van der Waals surface area contributed by atoms with Crippen LogP contribution in [0.15, 0.2) is 18.2 Å². The van der Waals surface area contributed by atoms with Crippen LogP contribution in [0.3, 0.4) is 0 Å². The van der Waals surface area contributed by atoms with Crippen LogP contribution in [0.5, 0.6) is 5.75 Å². The molecule has 1 radical (unpaired) electrons. The minimum absolute atomic E-state index is 0.521. The van der Waals surface area contributed by atoms with Gasteiger partial charge in [0.05, 0.1) is 6.61 Å². The van der Waals surface area contributed by atoms with Crippen molar-refractivity contribution in [2.24, 2.45) is 5.92 Å². The minimum atomic E-state index is -1.42. The van der Waals surface area contributed by atoms with E-state index in [1.165, 1.54) is 0 Å². The predicted molar refractivity (Wildman–Crippen MR) is 93.0 cm³/mol. The van der Waals surface area contributed by atoms with Gasteiger partial charge in [0.1, 0.15) is 5.75 Å². The van der Waals surface area contributed by atoms with Crippen molar-refractivity contribution in [3.05, 3.63) is 23.8 Å². The van der Waals surface area contributed by atoms with E-state index in [4.69, 9.17) is 18.3 Å². The average molecular weight is 338 g/mol. The maximum absolute atomic E-state index is 6.13. The summed E-state index contributed by atoms with van der Waals surface area (Å²) in [5.41, 5.74) is 1.08. The van der Waals surface area contributed by atoms with Gasteiger partial charge < -0.3 is 18.3 Å². The highest BCUT2D eigenvalue weighted by molar-refractivity contribution is 6.61. The first-order chi connectivity index (χ1) is 11.0. The summed E-state index contributed by atoms with van der Waals surface area (Å²) >= 11 is 0. The minimum Gasteiger partial charge on any atom is -0.462 e. The van der Waals surface area contributed by atoms with Crippen LogP contribution in [-0.4, -0.2) is 28.3 Å². The molecule has 0 amide bonds. The van der Waals surface area contributed by atoms with Gasteiger partial charge in [-0.1, -0.05) is 19.9 Å². The quantitative estimate of drug-likeness (QED) is 0.680. The van der Waals surface area contributed by atoms with Gasteiger partial charge in [0.2, 0.25) is 5.79 Å². The summed E-state index contributed by atoms with van der Waals surface area (Å²) in [6, 6.07) is 6.20. The van der Waals surface area contributed by atoms with Gasteiger partial charge in [0.25, 0.3) is 0 Å². The van der Waals surface area contributed by atoms with Crippen molar-refractivity contribution < 1.29 is 18.3 Å². The van der Waals surface area contributed by atoms with Crippen molar-refractivity contribution in [2.75, 3.05) is 13.2 Å². The Morgan fingerprint density at radius 3 is 2.52 bits per heavy atom. The van der Waals surface area contributed by atoms with Gasteiger partial charge in [-0.25, -0.2) is 0 Å². The van der Waals surface area contributed by atoms with E-state index in [0.717, 1.165) is 29.3 Å². The number of hydrogen-bond acceptors (Lipinski definition) is 4. The Morgan fingerprint density at radius 1 is 1.22 bits per heavy atom. The number of fused-ring (bicyclic) bond motifs is 1. The molecule has 1 aliphatic heterocycles. The molecule has 5 heteroatoms. The van der Waals surface area contributed by atoms with E-state index in [9.17, 15) is 0 Å². The fourth-order valence-corrected chi connectivity index (χ4v) is 4.01. The first-order valence-electron chi connectivity index (χ1n) is 8.56. The molecule has 0 fully saturated rings. The molecule has 1 aliphatic rings. The lowest BCUT2D eigenvalue weighted by molar-refractivity contribution is -0.198. The maximum Gasteiger partial charge on any atom is 0.423 e. The van der Waals surface area contributed by atoms with Crippen LogP contribution in [0, 0.1) is 5.92 Å². The zero-order valence-electron chi connectivity index (χ0n) is 15.0.